The molecule has 0 aliphatic carbocycles. The molecular weight excluding hydrogens is 336 g/mol. The Morgan fingerprint density at radius 3 is 1.58 bits per heavy atom. The fourth-order valence-electron chi connectivity index (χ4n) is 2.49. The lowest BCUT2D eigenvalue weighted by Crippen LogP contribution is -2.25. The molecule has 0 rings (SSSR count). The second kappa shape index (κ2) is 13.1. The molecule has 154 valence electrons. The second-order valence-corrected chi connectivity index (χ2v) is 8.06. The Bertz CT molecular complexity index is 403. The van der Waals surface area contributed by atoms with Gasteiger partial charge in [-0.05, 0) is 59.8 Å². The summed E-state index contributed by atoms with van der Waals surface area (Å²) in [6.07, 6.45) is 5.93. The number of carbonyl (C=O) groups excluding carboxylic acids is 1. The summed E-state index contributed by atoms with van der Waals surface area (Å²) in [6, 6.07) is 0. The Kier molecular flexibility index (Phi) is 12.5. The van der Waals surface area contributed by atoms with Crippen LogP contribution in [-0.2, 0) is 23.8 Å². The number of carbonyl (C=O) groups is 2. The number of ether oxygens (including phenoxy) is 3. The van der Waals surface area contributed by atoms with Gasteiger partial charge in [0.1, 0.15) is 0 Å². The monoisotopic (exact) mass is 374 g/mol. The maximum absolute atomic E-state index is 11.6. The highest BCUT2D eigenvalue weighted by atomic mass is 16.5. The molecule has 1 N–H and O–H groups in total. The van der Waals surface area contributed by atoms with Crippen molar-refractivity contribution in [3.63, 3.8) is 0 Å². The van der Waals surface area contributed by atoms with E-state index in [0.29, 0.717) is 32.8 Å². The molecule has 0 saturated heterocycles. The molecule has 6 nitrogen and oxygen atoms in total. The highest BCUT2D eigenvalue weighted by Gasteiger charge is 2.27. The Morgan fingerprint density at radius 1 is 0.731 bits per heavy atom. The molecule has 0 amide bonds. The Morgan fingerprint density at radius 2 is 1.15 bits per heavy atom. The molecule has 0 bridgehead atoms. The Balaban J connectivity index is 3.40. The lowest BCUT2D eigenvalue weighted by atomic mass is 9.87. The largest absolute Gasteiger partial charge is 0.481 e. The van der Waals surface area contributed by atoms with Gasteiger partial charge in [0.15, 0.2) is 0 Å². The predicted octanol–water partition coefficient (Wildman–Crippen LogP) is 4.06. The van der Waals surface area contributed by atoms with Crippen LogP contribution in [0.25, 0.3) is 0 Å². The van der Waals surface area contributed by atoms with Gasteiger partial charge in [0.2, 0.25) is 0 Å². The molecule has 0 saturated carbocycles. The van der Waals surface area contributed by atoms with Crippen LogP contribution in [0.3, 0.4) is 0 Å². The molecule has 0 aliphatic heterocycles. The summed E-state index contributed by atoms with van der Waals surface area (Å²) in [5.74, 6) is -0.911. The van der Waals surface area contributed by atoms with E-state index in [4.69, 9.17) is 19.3 Å². The first-order valence-electron chi connectivity index (χ1n) is 9.61. The molecule has 0 spiro atoms. The van der Waals surface area contributed by atoms with Crippen molar-refractivity contribution in [2.75, 3.05) is 33.5 Å². The molecule has 0 aromatic rings. The minimum absolute atomic E-state index is 0.165. The van der Waals surface area contributed by atoms with Crippen molar-refractivity contribution < 1.29 is 28.9 Å². The zero-order valence-electron chi connectivity index (χ0n) is 17.3. The van der Waals surface area contributed by atoms with Crippen LogP contribution in [0.2, 0.25) is 0 Å². The van der Waals surface area contributed by atoms with Gasteiger partial charge < -0.3 is 19.3 Å². The van der Waals surface area contributed by atoms with Gasteiger partial charge in [-0.15, -0.1) is 0 Å². The van der Waals surface area contributed by atoms with Crippen LogP contribution in [-0.4, -0.2) is 50.6 Å². The molecule has 0 atom stereocenters. The van der Waals surface area contributed by atoms with Crippen LogP contribution in [0.4, 0.5) is 0 Å². The molecule has 0 aromatic heterocycles. The third-order valence-corrected chi connectivity index (χ3v) is 4.58. The van der Waals surface area contributed by atoms with E-state index in [1.165, 1.54) is 7.11 Å². The van der Waals surface area contributed by atoms with E-state index in [0.717, 1.165) is 38.5 Å². The van der Waals surface area contributed by atoms with Crippen LogP contribution in [0, 0.1) is 10.8 Å². The zero-order valence-corrected chi connectivity index (χ0v) is 17.3. The van der Waals surface area contributed by atoms with Crippen LogP contribution in [0.1, 0.15) is 72.6 Å². The van der Waals surface area contributed by atoms with Crippen LogP contribution in [0.5, 0.6) is 0 Å². The number of unbranched alkanes of at least 4 members (excludes halogenated alkanes) is 2. The molecule has 0 radical (unpaired) electrons. The van der Waals surface area contributed by atoms with E-state index < -0.39 is 16.8 Å². The normalized spacial score (nSPS) is 12.2. The van der Waals surface area contributed by atoms with Gasteiger partial charge in [-0.1, -0.05) is 12.8 Å². The van der Waals surface area contributed by atoms with Crippen molar-refractivity contribution in [3.05, 3.63) is 0 Å². The summed E-state index contributed by atoms with van der Waals surface area (Å²) in [7, 11) is 1.42. The van der Waals surface area contributed by atoms with E-state index in [2.05, 4.69) is 0 Å². The molecule has 6 heteroatoms. The average Bonchev–Trinajstić information content (AvgIpc) is 2.57. The molecule has 0 heterocycles. The molecule has 0 aromatic carbocycles. The average molecular weight is 375 g/mol. The maximum atomic E-state index is 11.6. The molecule has 0 unspecified atom stereocenters. The summed E-state index contributed by atoms with van der Waals surface area (Å²) in [5, 5.41) is 9.03. The summed E-state index contributed by atoms with van der Waals surface area (Å²) < 4.78 is 15.9. The van der Waals surface area contributed by atoms with Crippen molar-refractivity contribution in [3.8, 4) is 0 Å². The van der Waals surface area contributed by atoms with Crippen molar-refractivity contribution in [2.24, 2.45) is 10.8 Å². The van der Waals surface area contributed by atoms with Crippen molar-refractivity contribution in [1.82, 2.24) is 0 Å². The highest BCUT2D eigenvalue weighted by molar-refractivity contribution is 5.75. The number of hydrogen-bond acceptors (Lipinski definition) is 5. The van der Waals surface area contributed by atoms with E-state index in [1.807, 2.05) is 13.8 Å². The third kappa shape index (κ3) is 11.5. The minimum Gasteiger partial charge on any atom is -0.481 e. The standard InChI is InChI=1S/C20H38O6/c1-19(2,17(21)22)11-6-8-13-25-15-10-16-26-14-9-7-12-20(3,4)18(23)24-5/h6-16H2,1-5H3,(H,21,22). The zero-order chi connectivity index (χ0) is 20.1. The minimum atomic E-state index is -0.746. The van der Waals surface area contributed by atoms with Gasteiger partial charge >= 0.3 is 11.9 Å². The van der Waals surface area contributed by atoms with E-state index in [1.54, 1.807) is 13.8 Å². The number of aliphatic carboxylic acids is 1. The quantitative estimate of drug-likeness (QED) is 0.324. The topological polar surface area (TPSA) is 82.1 Å². The van der Waals surface area contributed by atoms with E-state index >= 15 is 0 Å². The SMILES string of the molecule is COC(=O)C(C)(C)CCCCOCCCOCCCCC(C)(C)C(=O)O. The van der Waals surface area contributed by atoms with Crippen molar-refractivity contribution in [2.45, 2.75) is 72.6 Å². The number of carboxylic acid groups (broad SMARTS) is 1. The van der Waals surface area contributed by atoms with Crippen molar-refractivity contribution in [1.29, 1.82) is 0 Å². The molecule has 26 heavy (non-hydrogen) atoms. The first-order valence-corrected chi connectivity index (χ1v) is 9.61. The van der Waals surface area contributed by atoms with Crippen LogP contribution >= 0.6 is 0 Å². The van der Waals surface area contributed by atoms with Gasteiger partial charge in [-0.2, -0.15) is 0 Å². The van der Waals surface area contributed by atoms with Gasteiger partial charge in [-0.3, -0.25) is 9.59 Å². The fraction of sp³-hybridized carbons (Fsp3) is 0.900. The van der Waals surface area contributed by atoms with Crippen LogP contribution < -0.4 is 0 Å². The van der Waals surface area contributed by atoms with Gasteiger partial charge in [0.05, 0.1) is 17.9 Å². The third-order valence-electron chi connectivity index (χ3n) is 4.58. The number of rotatable bonds is 16. The van der Waals surface area contributed by atoms with Gasteiger partial charge in [0.25, 0.3) is 0 Å². The Hall–Kier alpha value is -1.14. The second-order valence-electron chi connectivity index (χ2n) is 8.06. The number of methoxy groups -OCH3 is 1. The van der Waals surface area contributed by atoms with Crippen LogP contribution in [0.15, 0.2) is 0 Å². The smallest absolute Gasteiger partial charge is 0.311 e. The van der Waals surface area contributed by atoms with Crippen molar-refractivity contribution >= 4 is 11.9 Å². The van der Waals surface area contributed by atoms with Gasteiger partial charge in [0, 0.05) is 26.4 Å². The first kappa shape index (κ1) is 24.9. The van der Waals surface area contributed by atoms with E-state index in [9.17, 15) is 9.59 Å². The van der Waals surface area contributed by atoms with Gasteiger partial charge in [-0.25, -0.2) is 0 Å². The maximum Gasteiger partial charge on any atom is 0.311 e. The first-order chi connectivity index (χ1) is 12.1. The lowest BCUT2D eigenvalue weighted by molar-refractivity contribution is -0.151. The summed E-state index contributed by atoms with van der Waals surface area (Å²) >= 11 is 0. The fourth-order valence-corrected chi connectivity index (χ4v) is 2.49. The summed E-state index contributed by atoms with van der Waals surface area (Å²) in [5.41, 5.74) is -1.08. The summed E-state index contributed by atoms with van der Waals surface area (Å²) in [4.78, 5) is 22.5. The lowest BCUT2D eigenvalue weighted by Gasteiger charge is -2.20. The molecular formula is C20H38O6. The molecule has 0 aliphatic rings. The highest BCUT2D eigenvalue weighted by Crippen LogP contribution is 2.25. The molecule has 0 fully saturated rings. The predicted molar refractivity (Wildman–Crippen MR) is 101 cm³/mol. The number of carboxylic acids is 1. The number of esters is 1. The Labute approximate surface area is 158 Å². The summed E-state index contributed by atoms with van der Waals surface area (Å²) in [6.45, 7) is 10.0. The van der Waals surface area contributed by atoms with E-state index in [-0.39, 0.29) is 5.97 Å². The number of hydrogen-bond donors (Lipinski definition) is 1.